The highest BCUT2D eigenvalue weighted by atomic mass is 35.5. The second-order valence-electron chi connectivity index (χ2n) is 6.35. The number of nitrogens with zero attached hydrogens (tertiary/aromatic N) is 3. The Hall–Kier alpha value is -1.73. The summed E-state index contributed by atoms with van der Waals surface area (Å²) in [5, 5.41) is 9.72. The molecule has 1 fully saturated rings. The second kappa shape index (κ2) is 7.48. The van der Waals surface area contributed by atoms with Gasteiger partial charge < -0.3 is 10.0 Å². The average molecular weight is 390 g/mol. The molecule has 0 bridgehead atoms. The van der Waals surface area contributed by atoms with Crippen LogP contribution in [0.3, 0.4) is 0 Å². The minimum Gasteiger partial charge on any atom is -0.395 e. The minimum atomic E-state index is -0.0232. The first-order valence-electron chi connectivity index (χ1n) is 8.66. The smallest absolute Gasteiger partial charge is 0.329 e. The zero-order valence-electron chi connectivity index (χ0n) is 14.3. The van der Waals surface area contributed by atoms with Crippen molar-refractivity contribution in [1.29, 1.82) is 0 Å². The molecule has 0 aromatic heterocycles. The third kappa shape index (κ3) is 3.30. The van der Waals surface area contributed by atoms with Gasteiger partial charge in [-0.1, -0.05) is 35.5 Å². The minimum absolute atomic E-state index is 0.0232. The maximum Gasteiger partial charge on any atom is 0.329 e. The highest BCUT2D eigenvalue weighted by Gasteiger charge is 2.32. The quantitative estimate of drug-likeness (QED) is 0.851. The molecule has 7 heteroatoms. The van der Waals surface area contributed by atoms with Crippen molar-refractivity contribution in [3.8, 4) is 0 Å². The summed E-state index contributed by atoms with van der Waals surface area (Å²) in [6, 6.07) is 13.6. The maximum absolute atomic E-state index is 13.4. The summed E-state index contributed by atoms with van der Waals surface area (Å²) >= 11 is 7.88. The van der Waals surface area contributed by atoms with Crippen molar-refractivity contribution >= 4 is 40.8 Å². The number of carbonyl (C=O) groups is 1. The number of rotatable bonds is 2. The van der Waals surface area contributed by atoms with Crippen molar-refractivity contribution in [2.75, 3.05) is 44.2 Å². The van der Waals surface area contributed by atoms with Gasteiger partial charge in [0.15, 0.2) is 0 Å². The Balaban J connectivity index is 1.65. The van der Waals surface area contributed by atoms with Gasteiger partial charge in [-0.15, -0.1) is 0 Å². The fraction of sp³-hybridized carbons (Fsp3) is 0.316. The maximum atomic E-state index is 13.4. The molecule has 2 amide bonds. The lowest BCUT2D eigenvalue weighted by Crippen LogP contribution is -2.52. The Morgan fingerprint density at radius 1 is 1.04 bits per heavy atom. The largest absolute Gasteiger partial charge is 0.395 e. The molecule has 2 aliphatic heterocycles. The van der Waals surface area contributed by atoms with Gasteiger partial charge >= 0.3 is 6.03 Å². The molecule has 2 aliphatic rings. The number of aliphatic hydroxyl groups excluding tert-OH is 1. The lowest BCUT2D eigenvalue weighted by molar-refractivity contribution is 0.126. The van der Waals surface area contributed by atoms with Crippen LogP contribution in [0.25, 0.3) is 0 Å². The number of halogens is 1. The van der Waals surface area contributed by atoms with E-state index in [1.54, 1.807) is 16.7 Å². The summed E-state index contributed by atoms with van der Waals surface area (Å²) in [5.74, 6) is 0. The molecule has 2 aromatic carbocycles. The molecular weight excluding hydrogens is 370 g/mol. The average Bonchev–Trinajstić information content (AvgIpc) is 2.66. The van der Waals surface area contributed by atoms with E-state index in [9.17, 15) is 4.79 Å². The van der Waals surface area contributed by atoms with E-state index in [4.69, 9.17) is 16.7 Å². The zero-order chi connectivity index (χ0) is 18.1. The summed E-state index contributed by atoms with van der Waals surface area (Å²) in [6.07, 6.45) is 0. The van der Waals surface area contributed by atoms with E-state index in [1.807, 2.05) is 47.4 Å². The molecule has 26 heavy (non-hydrogen) atoms. The van der Waals surface area contributed by atoms with E-state index in [1.165, 1.54) is 0 Å². The van der Waals surface area contributed by atoms with Crippen LogP contribution in [0, 0.1) is 0 Å². The molecule has 1 N–H and O–H groups in total. The second-order valence-corrected chi connectivity index (χ2v) is 7.87. The molecule has 0 saturated carbocycles. The molecule has 5 nitrogen and oxygen atoms in total. The molecule has 0 spiro atoms. The molecule has 2 aromatic rings. The monoisotopic (exact) mass is 389 g/mol. The van der Waals surface area contributed by atoms with Gasteiger partial charge in [0.25, 0.3) is 0 Å². The molecule has 0 radical (unpaired) electrons. The Bertz CT molecular complexity index is 824. The van der Waals surface area contributed by atoms with Gasteiger partial charge in [0, 0.05) is 47.5 Å². The number of hydrogen-bond acceptors (Lipinski definition) is 4. The van der Waals surface area contributed by atoms with Crippen LogP contribution in [0.1, 0.15) is 0 Å². The highest BCUT2D eigenvalue weighted by molar-refractivity contribution is 7.99. The molecule has 0 unspecified atom stereocenters. The van der Waals surface area contributed by atoms with Gasteiger partial charge in [-0.3, -0.25) is 9.80 Å². The van der Waals surface area contributed by atoms with Crippen LogP contribution in [-0.2, 0) is 0 Å². The number of hydrogen-bond donors (Lipinski definition) is 1. The van der Waals surface area contributed by atoms with Crippen molar-refractivity contribution in [2.45, 2.75) is 9.79 Å². The molecule has 136 valence electrons. The van der Waals surface area contributed by atoms with Crippen LogP contribution < -0.4 is 4.90 Å². The third-order valence-electron chi connectivity index (χ3n) is 4.74. The van der Waals surface area contributed by atoms with Crippen LogP contribution in [-0.4, -0.2) is 60.3 Å². The van der Waals surface area contributed by atoms with E-state index in [0.29, 0.717) is 24.7 Å². The molecule has 4 rings (SSSR count). The number of carbonyl (C=O) groups excluding carboxylic acids is 1. The van der Waals surface area contributed by atoms with Gasteiger partial charge in [0.2, 0.25) is 0 Å². The fourth-order valence-corrected chi connectivity index (χ4v) is 4.58. The van der Waals surface area contributed by atoms with Gasteiger partial charge in [0.1, 0.15) is 0 Å². The molecular formula is C19H20ClN3O2S. The Morgan fingerprint density at radius 2 is 1.77 bits per heavy atom. The summed E-state index contributed by atoms with van der Waals surface area (Å²) in [7, 11) is 0. The number of amides is 2. The van der Waals surface area contributed by atoms with Gasteiger partial charge in [-0.05, 0) is 30.3 Å². The van der Waals surface area contributed by atoms with Crippen molar-refractivity contribution in [3.05, 3.63) is 47.5 Å². The number of aliphatic hydroxyl groups is 1. The first-order valence-corrected chi connectivity index (χ1v) is 9.85. The van der Waals surface area contributed by atoms with Crippen LogP contribution in [0.15, 0.2) is 52.3 Å². The van der Waals surface area contributed by atoms with Gasteiger partial charge in [-0.2, -0.15) is 0 Å². The van der Waals surface area contributed by atoms with Crippen LogP contribution in [0.2, 0.25) is 5.02 Å². The fourth-order valence-electron chi connectivity index (χ4n) is 3.38. The standard InChI is InChI=1S/C19H20ClN3O2S/c20-14-5-6-18-16(13-14)23(15-3-1-2-4-17(15)26-18)19(25)22-9-7-21(8-10-22)11-12-24/h1-6,13,24H,7-12H2. The third-order valence-corrected chi connectivity index (χ3v) is 6.10. The normalized spacial score (nSPS) is 17.0. The first-order chi connectivity index (χ1) is 12.7. The van der Waals surface area contributed by atoms with Gasteiger partial charge in [0.05, 0.1) is 18.0 Å². The molecule has 1 saturated heterocycles. The summed E-state index contributed by atoms with van der Waals surface area (Å²) in [4.78, 5) is 21.3. The molecule has 0 aliphatic carbocycles. The number of para-hydroxylation sites is 1. The zero-order valence-corrected chi connectivity index (χ0v) is 15.8. The van der Waals surface area contributed by atoms with Crippen molar-refractivity contribution < 1.29 is 9.90 Å². The van der Waals surface area contributed by atoms with E-state index >= 15 is 0 Å². The van der Waals surface area contributed by atoms with Crippen LogP contribution >= 0.6 is 23.4 Å². The number of benzene rings is 2. The predicted molar refractivity (Wildman–Crippen MR) is 105 cm³/mol. The van der Waals surface area contributed by atoms with Crippen LogP contribution in [0.4, 0.5) is 16.2 Å². The summed E-state index contributed by atoms with van der Waals surface area (Å²) in [6.45, 7) is 3.67. The SMILES string of the molecule is O=C(N1CCN(CCO)CC1)N1c2ccccc2Sc2ccc(Cl)cc21. The van der Waals surface area contributed by atoms with E-state index in [0.717, 1.165) is 34.3 Å². The lowest BCUT2D eigenvalue weighted by Gasteiger charge is -2.39. The summed E-state index contributed by atoms with van der Waals surface area (Å²) in [5.41, 5.74) is 1.74. The van der Waals surface area contributed by atoms with Crippen molar-refractivity contribution in [3.63, 3.8) is 0 Å². The molecule has 2 heterocycles. The van der Waals surface area contributed by atoms with Crippen molar-refractivity contribution in [1.82, 2.24) is 9.80 Å². The summed E-state index contributed by atoms with van der Waals surface area (Å²) < 4.78 is 0. The van der Waals surface area contributed by atoms with E-state index < -0.39 is 0 Å². The predicted octanol–water partition coefficient (Wildman–Crippen LogP) is 3.67. The van der Waals surface area contributed by atoms with Crippen LogP contribution in [0.5, 0.6) is 0 Å². The number of urea groups is 1. The number of piperazine rings is 1. The van der Waals surface area contributed by atoms with Gasteiger partial charge in [-0.25, -0.2) is 4.79 Å². The van der Waals surface area contributed by atoms with Crippen molar-refractivity contribution in [2.24, 2.45) is 0 Å². The first kappa shape index (κ1) is 17.7. The lowest BCUT2D eigenvalue weighted by atomic mass is 10.2. The Labute approximate surface area is 162 Å². The topological polar surface area (TPSA) is 47.0 Å². The number of β-amino-alcohol motifs (C(OH)–C–C–N with tert-alkyl or cyclic N) is 1. The number of anilines is 2. The Kier molecular flexibility index (Phi) is 5.09. The highest BCUT2D eigenvalue weighted by Crippen LogP contribution is 2.49. The molecule has 0 atom stereocenters. The Morgan fingerprint density at radius 3 is 2.54 bits per heavy atom. The van der Waals surface area contributed by atoms with E-state index in [2.05, 4.69) is 4.90 Å². The van der Waals surface area contributed by atoms with E-state index in [-0.39, 0.29) is 12.6 Å². The number of fused-ring (bicyclic) bond motifs is 2.